The highest BCUT2D eigenvalue weighted by Crippen LogP contribution is 2.15. The Morgan fingerprint density at radius 1 is 1.10 bits per heavy atom. The summed E-state index contributed by atoms with van der Waals surface area (Å²) in [6.45, 7) is 12.0. The third kappa shape index (κ3) is 9.05. The highest BCUT2D eigenvalue weighted by atomic mass is 16.7. The minimum absolute atomic E-state index is 0.0438. The van der Waals surface area contributed by atoms with Crippen molar-refractivity contribution in [2.45, 2.75) is 60.5 Å². The van der Waals surface area contributed by atoms with Crippen LogP contribution in [0.2, 0.25) is 0 Å². The first-order valence-corrected chi connectivity index (χ1v) is 6.89. The molecule has 1 atom stereocenters. The van der Waals surface area contributed by atoms with Gasteiger partial charge in [-0.05, 0) is 48.0 Å². The maximum atomic E-state index is 11.7. The molecule has 0 aromatic rings. The quantitative estimate of drug-likeness (QED) is 0.635. The van der Waals surface area contributed by atoms with Gasteiger partial charge in [0, 0.05) is 6.42 Å². The third-order valence-corrected chi connectivity index (χ3v) is 2.31. The fourth-order valence-electron chi connectivity index (χ4n) is 1.07. The summed E-state index contributed by atoms with van der Waals surface area (Å²) in [7, 11) is 0. The first-order chi connectivity index (χ1) is 9.33. The van der Waals surface area contributed by atoms with Crippen LogP contribution in [0.3, 0.4) is 0 Å². The molecule has 0 aliphatic rings. The molecule has 0 aliphatic carbocycles. The van der Waals surface area contributed by atoms with Crippen molar-refractivity contribution in [3.8, 4) is 0 Å². The van der Waals surface area contributed by atoms with Crippen molar-refractivity contribution in [1.29, 1.82) is 0 Å². The molecule has 0 aromatic heterocycles. The molecule has 1 unspecified atom stereocenters. The molecule has 0 saturated heterocycles. The summed E-state index contributed by atoms with van der Waals surface area (Å²) in [6.07, 6.45) is 1.46. The first-order valence-electron chi connectivity index (χ1n) is 6.89. The standard InChI is InChI=1S/C15H26NO5/c1-10(12(18)20-15(5,6)7)8-9-11(17)16-21-13(19)14(2,3)4/h8,10H,9H2,1-7H3,(H,16,17). The van der Waals surface area contributed by atoms with Gasteiger partial charge in [0.05, 0.1) is 11.3 Å². The second-order valence-corrected chi connectivity index (χ2v) is 6.93. The van der Waals surface area contributed by atoms with Gasteiger partial charge in [-0.15, -0.1) is 0 Å². The molecule has 0 aromatic carbocycles. The lowest BCUT2D eigenvalue weighted by atomic mass is 9.98. The molecule has 0 heterocycles. The van der Waals surface area contributed by atoms with Crippen molar-refractivity contribution in [2.24, 2.45) is 11.3 Å². The number of esters is 1. The van der Waals surface area contributed by atoms with E-state index < -0.39 is 34.8 Å². The molecular formula is C15H26NO5. The van der Waals surface area contributed by atoms with Crippen molar-refractivity contribution >= 4 is 17.8 Å². The lowest BCUT2D eigenvalue weighted by Crippen LogP contribution is -2.34. The smallest absolute Gasteiger partial charge is 0.337 e. The molecule has 0 bridgehead atoms. The first kappa shape index (κ1) is 19.4. The van der Waals surface area contributed by atoms with E-state index in [0.717, 1.165) is 0 Å². The van der Waals surface area contributed by atoms with E-state index in [4.69, 9.17) is 4.74 Å². The van der Waals surface area contributed by atoms with E-state index in [1.54, 1.807) is 48.5 Å². The van der Waals surface area contributed by atoms with Crippen LogP contribution < -0.4 is 5.48 Å². The number of hydrogen-bond donors (Lipinski definition) is 1. The summed E-state index contributed by atoms with van der Waals surface area (Å²) in [4.78, 5) is 39.3. The van der Waals surface area contributed by atoms with Crippen LogP contribution in [-0.4, -0.2) is 23.4 Å². The monoisotopic (exact) mass is 300 g/mol. The van der Waals surface area contributed by atoms with Crippen LogP contribution in [0.4, 0.5) is 0 Å². The van der Waals surface area contributed by atoms with Crippen molar-refractivity contribution in [2.75, 3.05) is 0 Å². The molecule has 0 saturated carbocycles. The molecule has 6 nitrogen and oxygen atoms in total. The Morgan fingerprint density at radius 3 is 2.05 bits per heavy atom. The summed E-state index contributed by atoms with van der Waals surface area (Å²) in [6, 6.07) is 0. The Morgan fingerprint density at radius 2 is 1.62 bits per heavy atom. The van der Waals surface area contributed by atoms with Gasteiger partial charge in [0.15, 0.2) is 0 Å². The van der Waals surface area contributed by atoms with E-state index >= 15 is 0 Å². The van der Waals surface area contributed by atoms with Crippen LogP contribution >= 0.6 is 0 Å². The van der Waals surface area contributed by atoms with Gasteiger partial charge in [-0.3, -0.25) is 9.59 Å². The van der Waals surface area contributed by atoms with Crippen molar-refractivity contribution < 1.29 is 24.0 Å². The van der Waals surface area contributed by atoms with Crippen molar-refractivity contribution in [3.05, 3.63) is 6.42 Å². The van der Waals surface area contributed by atoms with Gasteiger partial charge in [0.25, 0.3) is 5.91 Å². The Kier molecular flexibility index (Phi) is 6.86. The second kappa shape index (κ2) is 7.43. The summed E-state index contributed by atoms with van der Waals surface area (Å²) in [5.74, 6) is -1.95. The predicted molar refractivity (Wildman–Crippen MR) is 77.6 cm³/mol. The van der Waals surface area contributed by atoms with Crippen LogP contribution in [0.25, 0.3) is 0 Å². The molecule has 0 rings (SSSR count). The number of hydrogen-bond acceptors (Lipinski definition) is 5. The number of carbonyl (C=O) groups excluding carboxylic acids is 3. The number of nitrogens with one attached hydrogen (secondary N) is 1. The molecule has 0 fully saturated rings. The predicted octanol–water partition coefficient (Wildman–Crippen LogP) is 2.18. The summed E-state index contributed by atoms with van der Waals surface area (Å²) in [5.41, 5.74) is 0.800. The molecule has 6 heteroatoms. The zero-order valence-electron chi connectivity index (χ0n) is 13.9. The minimum Gasteiger partial charge on any atom is -0.460 e. The van der Waals surface area contributed by atoms with Gasteiger partial charge >= 0.3 is 11.9 Å². The summed E-state index contributed by atoms with van der Waals surface area (Å²) >= 11 is 0. The Bertz CT molecular complexity index is 390. The topological polar surface area (TPSA) is 81.7 Å². The maximum absolute atomic E-state index is 11.7. The van der Waals surface area contributed by atoms with E-state index in [0.29, 0.717) is 0 Å². The van der Waals surface area contributed by atoms with Gasteiger partial charge in [-0.1, -0.05) is 6.92 Å². The Balaban J connectivity index is 4.09. The average Bonchev–Trinajstić information content (AvgIpc) is 2.29. The van der Waals surface area contributed by atoms with E-state index in [1.165, 1.54) is 6.42 Å². The molecule has 1 N–H and O–H groups in total. The highest BCUT2D eigenvalue weighted by Gasteiger charge is 2.25. The van der Waals surface area contributed by atoms with Gasteiger partial charge in [-0.25, -0.2) is 4.79 Å². The maximum Gasteiger partial charge on any atom is 0.337 e. The summed E-state index contributed by atoms with van der Waals surface area (Å²) < 4.78 is 5.19. The molecule has 121 valence electrons. The lowest BCUT2D eigenvalue weighted by Gasteiger charge is -2.22. The highest BCUT2D eigenvalue weighted by molar-refractivity contribution is 5.81. The van der Waals surface area contributed by atoms with E-state index in [2.05, 4.69) is 10.3 Å². The van der Waals surface area contributed by atoms with Gasteiger partial charge in [0.1, 0.15) is 5.60 Å². The zero-order chi connectivity index (χ0) is 16.8. The summed E-state index contributed by atoms with van der Waals surface area (Å²) in [5, 5.41) is 0. The van der Waals surface area contributed by atoms with Crippen LogP contribution in [0.5, 0.6) is 0 Å². The minimum atomic E-state index is -0.694. The molecule has 0 aliphatic heterocycles. The molecule has 0 spiro atoms. The zero-order valence-corrected chi connectivity index (χ0v) is 13.9. The molecular weight excluding hydrogens is 274 g/mol. The fourth-order valence-corrected chi connectivity index (χ4v) is 1.07. The second-order valence-electron chi connectivity index (χ2n) is 6.93. The number of hydroxylamine groups is 1. The molecule has 1 amide bonds. The van der Waals surface area contributed by atoms with Crippen LogP contribution in [0.1, 0.15) is 54.9 Å². The van der Waals surface area contributed by atoms with Crippen LogP contribution in [0.15, 0.2) is 0 Å². The van der Waals surface area contributed by atoms with E-state index in [1.807, 2.05) is 0 Å². The normalized spacial score (nSPS) is 13.3. The van der Waals surface area contributed by atoms with Gasteiger partial charge in [0.2, 0.25) is 0 Å². The SMILES string of the molecule is CC([CH]CC(=O)NOC(=O)C(C)(C)C)C(=O)OC(C)(C)C. The number of rotatable bonds is 4. The molecule has 1 radical (unpaired) electrons. The average molecular weight is 300 g/mol. The Hall–Kier alpha value is -1.59. The van der Waals surface area contributed by atoms with Crippen molar-refractivity contribution in [1.82, 2.24) is 5.48 Å². The Labute approximate surface area is 126 Å². The van der Waals surface area contributed by atoms with E-state index in [-0.39, 0.29) is 6.42 Å². The fraction of sp³-hybridized carbons (Fsp3) is 0.733. The van der Waals surface area contributed by atoms with Gasteiger partial charge < -0.3 is 9.57 Å². The largest absolute Gasteiger partial charge is 0.460 e. The number of amides is 1. The van der Waals surface area contributed by atoms with E-state index in [9.17, 15) is 14.4 Å². The number of carbonyl (C=O) groups is 3. The molecule has 21 heavy (non-hydrogen) atoms. The third-order valence-electron chi connectivity index (χ3n) is 2.31. The van der Waals surface area contributed by atoms with Crippen LogP contribution in [0, 0.1) is 17.8 Å². The van der Waals surface area contributed by atoms with Crippen LogP contribution in [-0.2, 0) is 24.0 Å². The lowest BCUT2D eigenvalue weighted by molar-refractivity contribution is -0.166. The van der Waals surface area contributed by atoms with Crippen molar-refractivity contribution in [3.63, 3.8) is 0 Å². The van der Waals surface area contributed by atoms with Gasteiger partial charge in [-0.2, -0.15) is 5.48 Å². The number of ether oxygens (including phenoxy) is 1.